The zero-order valence-corrected chi connectivity index (χ0v) is 10.5. The van der Waals surface area contributed by atoms with Crippen LogP contribution in [0.5, 0.6) is 0 Å². The van der Waals surface area contributed by atoms with Crippen molar-refractivity contribution in [3.63, 3.8) is 0 Å². The molecule has 0 radical (unpaired) electrons. The highest BCUT2D eigenvalue weighted by Gasteiger charge is 2.16. The molecule has 0 aliphatic heterocycles. The third-order valence-electron chi connectivity index (χ3n) is 3.39. The number of hydrogen-bond acceptors (Lipinski definition) is 2. The Kier molecular flexibility index (Phi) is 2.00. The lowest BCUT2D eigenvalue weighted by molar-refractivity contribution is 1.32. The van der Waals surface area contributed by atoms with Gasteiger partial charge in [-0.05, 0) is 29.4 Å². The Morgan fingerprint density at radius 2 is 1.95 bits per heavy atom. The molecule has 19 heavy (non-hydrogen) atoms. The van der Waals surface area contributed by atoms with Crippen LogP contribution < -0.4 is 0 Å². The molecule has 1 N–H and O–H groups in total. The largest absolute Gasteiger partial charge is 0.338 e. The maximum atomic E-state index is 11.1. The highest BCUT2D eigenvalue weighted by atomic mass is 35.5. The Balaban J connectivity index is 2.35. The van der Waals surface area contributed by atoms with E-state index in [2.05, 4.69) is 10.2 Å². The zero-order chi connectivity index (χ0) is 13.0. The van der Waals surface area contributed by atoms with Crippen molar-refractivity contribution in [2.24, 2.45) is 5.18 Å². The first-order valence-corrected chi connectivity index (χ1v) is 6.21. The van der Waals surface area contributed by atoms with Crippen molar-refractivity contribution in [1.82, 2.24) is 9.38 Å². The average Bonchev–Trinajstić information content (AvgIpc) is 2.91. The Morgan fingerprint density at radius 1 is 1.11 bits per heavy atom. The van der Waals surface area contributed by atoms with Crippen LogP contribution in [-0.4, -0.2) is 9.38 Å². The van der Waals surface area contributed by atoms with Gasteiger partial charge in [-0.2, -0.15) is 0 Å². The normalized spacial score (nSPS) is 11.6. The second-order valence-electron chi connectivity index (χ2n) is 4.43. The first-order valence-electron chi connectivity index (χ1n) is 5.83. The lowest BCUT2D eigenvalue weighted by Gasteiger charge is -1.95. The second kappa shape index (κ2) is 3.59. The molecule has 0 atom stereocenters. The van der Waals surface area contributed by atoms with Gasteiger partial charge >= 0.3 is 0 Å². The number of nitrogens with one attached hydrogen (secondary N) is 1. The number of para-hydroxylation sites is 1. The van der Waals surface area contributed by atoms with E-state index in [0.29, 0.717) is 16.4 Å². The summed E-state index contributed by atoms with van der Waals surface area (Å²) in [5, 5.41) is 4.67. The third kappa shape index (κ3) is 1.29. The number of imidazole rings is 1. The van der Waals surface area contributed by atoms with E-state index >= 15 is 0 Å². The zero-order valence-electron chi connectivity index (χ0n) is 9.72. The molecule has 92 valence electrons. The second-order valence-corrected chi connectivity index (χ2v) is 4.86. The minimum Gasteiger partial charge on any atom is -0.338 e. The number of nitrogens with zero attached hydrogens (tertiary/aromatic N) is 2. The molecule has 0 saturated heterocycles. The molecule has 0 saturated carbocycles. The van der Waals surface area contributed by atoms with Crippen molar-refractivity contribution < 1.29 is 0 Å². The molecule has 0 spiro atoms. The maximum Gasteiger partial charge on any atom is 0.158 e. The first kappa shape index (κ1) is 10.6. The number of benzene rings is 2. The van der Waals surface area contributed by atoms with Crippen molar-refractivity contribution in [3.8, 4) is 0 Å². The topological polar surface area (TPSA) is 49.6 Å². The van der Waals surface area contributed by atoms with Crippen molar-refractivity contribution in [1.29, 1.82) is 0 Å². The van der Waals surface area contributed by atoms with E-state index in [1.54, 1.807) is 0 Å². The maximum absolute atomic E-state index is 11.1. The molecular weight excluding hydrogens is 262 g/mol. The van der Waals surface area contributed by atoms with Gasteiger partial charge in [-0.25, -0.2) is 0 Å². The molecule has 0 amide bonds. The molecule has 4 rings (SSSR count). The summed E-state index contributed by atoms with van der Waals surface area (Å²) in [7, 11) is 0. The summed E-state index contributed by atoms with van der Waals surface area (Å²) in [6.07, 6.45) is 0. The molecule has 2 aromatic heterocycles. The summed E-state index contributed by atoms with van der Waals surface area (Å²) in [6, 6.07) is 13.3. The number of halogens is 1. The molecule has 0 unspecified atom stereocenters. The van der Waals surface area contributed by atoms with Crippen LogP contribution >= 0.6 is 11.6 Å². The van der Waals surface area contributed by atoms with Gasteiger partial charge in [-0.15, -0.1) is 4.91 Å². The molecule has 0 aliphatic carbocycles. The number of aromatic amines is 1. The molecular formula is C14H8ClN3O. The van der Waals surface area contributed by atoms with Gasteiger partial charge in [0.1, 0.15) is 5.65 Å². The van der Waals surface area contributed by atoms with Gasteiger partial charge in [0, 0.05) is 10.4 Å². The Morgan fingerprint density at radius 3 is 2.79 bits per heavy atom. The van der Waals surface area contributed by atoms with Gasteiger partial charge in [-0.3, -0.25) is 4.40 Å². The number of rotatable bonds is 1. The minimum atomic E-state index is 0.433. The van der Waals surface area contributed by atoms with E-state index in [-0.39, 0.29) is 0 Å². The number of nitroso groups, excluding NO2 is 1. The van der Waals surface area contributed by atoms with Gasteiger partial charge in [0.15, 0.2) is 5.69 Å². The molecule has 0 fully saturated rings. The van der Waals surface area contributed by atoms with E-state index < -0.39 is 0 Å². The lowest BCUT2D eigenvalue weighted by atomic mass is 10.2. The molecule has 0 bridgehead atoms. The summed E-state index contributed by atoms with van der Waals surface area (Å²) in [5.41, 5.74) is 3.96. The highest BCUT2D eigenvalue weighted by molar-refractivity contribution is 6.31. The highest BCUT2D eigenvalue weighted by Crippen LogP contribution is 2.36. The fourth-order valence-corrected chi connectivity index (χ4v) is 2.78. The monoisotopic (exact) mass is 269 g/mol. The van der Waals surface area contributed by atoms with Crippen LogP contribution in [0.1, 0.15) is 0 Å². The Labute approximate surface area is 112 Å². The van der Waals surface area contributed by atoms with Crippen LogP contribution in [0.15, 0.2) is 47.6 Å². The average molecular weight is 270 g/mol. The number of fused-ring (bicyclic) bond motifs is 5. The summed E-state index contributed by atoms with van der Waals surface area (Å²) in [4.78, 5) is 14.3. The SMILES string of the molecule is O=Nc1c2ccccc2n2c1[nH]c1cc(Cl)ccc12. The van der Waals surface area contributed by atoms with Gasteiger partial charge in [-0.1, -0.05) is 29.8 Å². The van der Waals surface area contributed by atoms with E-state index in [1.165, 1.54) is 0 Å². The van der Waals surface area contributed by atoms with Crippen LogP contribution in [0.3, 0.4) is 0 Å². The van der Waals surface area contributed by atoms with E-state index in [4.69, 9.17) is 11.6 Å². The quantitative estimate of drug-likeness (QED) is 0.503. The fourth-order valence-electron chi connectivity index (χ4n) is 2.61. The van der Waals surface area contributed by atoms with Crippen LogP contribution in [0, 0.1) is 4.91 Å². The summed E-state index contributed by atoms with van der Waals surface area (Å²) >= 11 is 5.99. The molecule has 5 heteroatoms. The van der Waals surface area contributed by atoms with Gasteiger partial charge < -0.3 is 4.98 Å². The van der Waals surface area contributed by atoms with Gasteiger partial charge in [0.2, 0.25) is 0 Å². The number of hydrogen-bond donors (Lipinski definition) is 1. The summed E-state index contributed by atoms with van der Waals surface area (Å²) in [5.74, 6) is 0. The Hall–Kier alpha value is -2.33. The van der Waals surface area contributed by atoms with Crippen LogP contribution in [-0.2, 0) is 0 Å². The lowest BCUT2D eigenvalue weighted by Crippen LogP contribution is -1.79. The van der Waals surface area contributed by atoms with Crippen molar-refractivity contribution in [3.05, 3.63) is 52.4 Å². The van der Waals surface area contributed by atoms with Crippen LogP contribution in [0.25, 0.3) is 27.6 Å². The van der Waals surface area contributed by atoms with Crippen molar-refractivity contribution in [2.45, 2.75) is 0 Å². The molecule has 4 aromatic rings. The standard InChI is InChI=1S/C14H8ClN3O/c15-8-5-6-12-10(7-8)16-14-13(17-19)9-3-1-2-4-11(9)18(12)14/h1-7,16H. The predicted octanol–water partition coefficient (Wildman–Crippen LogP) is 4.63. The third-order valence-corrected chi connectivity index (χ3v) is 3.63. The van der Waals surface area contributed by atoms with Crippen molar-refractivity contribution in [2.75, 3.05) is 0 Å². The predicted molar refractivity (Wildman–Crippen MR) is 77.2 cm³/mol. The molecule has 4 nitrogen and oxygen atoms in total. The Bertz CT molecular complexity index is 951. The minimum absolute atomic E-state index is 0.433. The fraction of sp³-hybridized carbons (Fsp3) is 0. The molecule has 0 aliphatic rings. The van der Waals surface area contributed by atoms with Crippen LogP contribution in [0.4, 0.5) is 5.69 Å². The van der Waals surface area contributed by atoms with Crippen molar-refractivity contribution >= 4 is 44.9 Å². The number of aromatic nitrogens is 2. The molecule has 2 heterocycles. The summed E-state index contributed by atoms with van der Waals surface area (Å²) in [6.45, 7) is 0. The van der Waals surface area contributed by atoms with E-state index in [9.17, 15) is 4.91 Å². The summed E-state index contributed by atoms with van der Waals surface area (Å²) < 4.78 is 2.00. The van der Waals surface area contributed by atoms with Gasteiger partial charge in [0.05, 0.1) is 16.6 Å². The molecule has 2 aromatic carbocycles. The van der Waals surface area contributed by atoms with Gasteiger partial charge in [0.25, 0.3) is 0 Å². The number of H-pyrrole nitrogens is 1. The smallest absolute Gasteiger partial charge is 0.158 e. The van der Waals surface area contributed by atoms with Crippen LogP contribution in [0.2, 0.25) is 5.02 Å². The van der Waals surface area contributed by atoms with E-state index in [0.717, 1.165) is 21.9 Å². The first-order chi connectivity index (χ1) is 9.29. The van der Waals surface area contributed by atoms with E-state index in [1.807, 2.05) is 46.9 Å².